The monoisotopic (exact) mass is 373 g/mol. The lowest BCUT2D eigenvalue weighted by Crippen LogP contribution is -2.19. The summed E-state index contributed by atoms with van der Waals surface area (Å²) in [5.41, 5.74) is 0.363. The summed E-state index contributed by atoms with van der Waals surface area (Å²) in [6.45, 7) is 2.12. The van der Waals surface area contributed by atoms with Crippen LogP contribution in [0.5, 0.6) is 5.75 Å². The zero-order valence-corrected chi connectivity index (χ0v) is 14.8. The predicted molar refractivity (Wildman–Crippen MR) is 92.9 cm³/mol. The number of benzene rings is 2. The van der Waals surface area contributed by atoms with Gasteiger partial charge < -0.3 is 4.74 Å². The number of hydrogen-bond donors (Lipinski definition) is 0. The van der Waals surface area contributed by atoms with Crippen molar-refractivity contribution in [3.8, 4) is 11.8 Å². The molecule has 0 amide bonds. The number of carbonyl (C=O) groups excluding carboxylic acids is 1. The van der Waals surface area contributed by atoms with E-state index < -0.39 is 34.7 Å². The zero-order chi connectivity index (χ0) is 19.6. The summed E-state index contributed by atoms with van der Waals surface area (Å²) in [7, 11) is 0. The lowest BCUT2D eigenvalue weighted by atomic mass is 9.81. The highest BCUT2D eigenvalue weighted by molar-refractivity contribution is 5.91. The Hall–Kier alpha value is -2.81. The minimum atomic E-state index is -1.15. The smallest absolute Gasteiger partial charge is 0.346 e. The summed E-state index contributed by atoms with van der Waals surface area (Å²) in [5, 5.41) is 8.66. The molecule has 3 rings (SSSR count). The maximum absolute atomic E-state index is 14.8. The molecule has 0 aromatic heterocycles. The van der Waals surface area contributed by atoms with E-state index in [0.29, 0.717) is 17.9 Å². The number of esters is 1. The molecule has 0 spiro atoms. The molecule has 3 nitrogen and oxygen atoms in total. The summed E-state index contributed by atoms with van der Waals surface area (Å²) in [6, 6.07) is 5.90. The third-order valence-electron chi connectivity index (χ3n) is 4.91. The van der Waals surface area contributed by atoms with Gasteiger partial charge in [0.2, 0.25) is 0 Å². The average Bonchev–Trinajstić information content (AvgIpc) is 2.62. The molecule has 0 aliphatic heterocycles. The van der Waals surface area contributed by atoms with E-state index in [1.54, 1.807) is 6.07 Å². The molecule has 0 radical (unpaired) electrons. The molecule has 0 bridgehead atoms. The van der Waals surface area contributed by atoms with Crippen LogP contribution in [-0.4, -0.2) is 5.97 Å². The normalized spacial score (nSPS) is 15.7. The molecular weight excluding hydrogens is 355 g/mol. The van der Waals surface area contributed by atoms with E-state index in [2.05, 4.69) is 6.92 Å². The van der Waals surface area contributed by atoms with E-state index in [0.717, 1.165) is 43.4 Å². The van der Waals surface area contributed by atoms with E-state index in [-0.39, 0.29) is 5.56 Å². The van der Waals surface area contributed by atoms with Gasteiger partial charge in [-0.25, -0.2) is 18.0 Å². The average molecular weight is 373 g/mol. The first-order valence-electron chi connectivity index (χ1n) is 8.86. The SMILES string of the molecule is CCCC1CCc2c(ccc(C(=O)Oc3cc(F)c(C#N)c(F)c3)c2F)C1. The van der Waals surface area contributed by atoms with Gasteiger partial charge in [-0.3, -0.25) is 0 Å². The second-order valence-corrected chi connectivity index (χ2v) is 6.73. The fraction of sp³-hybridized carbons (Fsp3) is 0.333. The first-order valence-corrected chi connectivity index (χ1v) is 8.86. The summed E-state index contributed by atoms with van der Waals surface area (Å²) in [5.74, 6) is -3.86. The third kappa shape index (κ3) is 3.82. The molecule has 0 saturated carbocycles. The van der Waals surface area contributed by atoms with Crippen LogP contribution in [0.3, 0.4) is 0 Å². The number of fused-ring (bicyclic) bond motifs is 1. The first-order chi connectivity index (χ1) is 12.9. The lowest BCUT2D eigenvalue weighted by molar-refractivity contribution is 0.0728. The van der Waals surface area contributed by atoms with Crippen molar-refractivity contribution in [1.29, 1.82) is 5.26 Å². The molecule has 27 heavy (non-hydrogen) atoms. The topological polar surface area (TPSA) is 50.1 Å². The Bertz CT molecular complexity index is 911. The third-order valence-corrected chi connectivity index (χ3v) is 4.91. The van der Waals surface area contributed by atoms with Gasteiger partial charge in [0.1, 0.15) is 34.8 Å². The molecule has 0 saturated heterocycles. The second kappa shape index (κ2) is 7.83. The van der Waals surface area contributed by atoms with Crippen molar-refractivity contribution < 1.29 is 22.7 Å². The molecule has 0 heterocycles. The Morgan fingerprint density at radius 2 is 1.96 bits per heavy atom. The van der Waals surface area contributed by atoms with Crippen molar-refractivity contribution in [3.63, 3.8) is 0 Å². The van der Waals surface area contributed by atoms with Gasteiger partial charge in [0.05, 0.1) is 5.56 Å². The van der Waals surface area contributed by atoms with Crippen molar-refractivity contribution in [2.75, 3.05) is 0 Å². The molecule has 0 N–H and O–H groups in total. The Balaban J connectivity index is 1.84. The van der Waals surface area contributed by atoms with Gasteiger partial charge in [0.25, 0.3) is 0 Å². The van der Waals surface area contributed by atoms with Crippen LogP contribution in [0.15, 0.2) is 24.3 Å². The zero-order valence-electron chi connectivity index (χ0n) is 14.8. The van der Waals surface area contributed by atoms with Crippen LogP contribution in [0, 0.1) is 34.7 Å². The van der Waals surface area contributed by atoms with Gasteiger partial charge in [-0.1, -0.05) is 25.8 Å². The summed E-state index contributed by atoms with van der Waals surface area (Å²) in [6.07, 6.45) is 4.35. The molecule has 1 aliphatic rings. The van der Waals surface area contributed by atoms with Crippen molar-refractivity contribution in [3.05, 3.63) is 64.0 Å². The molecule has 1 aliphatic carbocycles. The summed E-state index contributed by atoms with van der Waals surface area (Å²) >= 11 is 0. The fourth-order valence-corrected chi connectivity index (χ4v) is 3.57. The van der Waals surface area contributed by atoms with Crippen LogP contribution in [0.2, 0.25) is 0 Å². The van der Waals surface area contributed by atoms with Gasteiger partial charge in [0.15, 0.2) is 0 Å². The van der Waals surface area contributed by atoms with Gasteiger partial charge in [-0.15, -0.1) is 0 Å². The number of rotatable bonds is 4. The molecule has 2 aromatic rings. The van der Waals surface area contributed by atoms with E-state index in [9.17, 15) is 18.0 Å². The highest BCUT2D eigenvalue weighted by Gasteiger charge is 2.25. The van der Waals surface area contributed by atoms with E-state index in [1.807, 2.05) is 0 Å². The molecule has 0 fully saturated rings. The first kappa shape index (κ1) is 19.0. The Morgan fingerprint density at radius 1 is 1.26 bits per heavy atom. The van der Waals surface area contributed by atoms with Crippen LogP contribution >= 0.6 is 0 Å². The van der Waals surface area contributed by atoms with Crippen LogP contribution in [0.25, 0.3) is 0 Å². The fourth-order valence-electron chi connectivity index (χ4n) is 3.57. The standard InChI is InChI=1S/C21H18F3NO2/c1-2-3-12-4-6-15-13(8-12)5-7-16(20(15)24)21(26)27-14-9-18(22)17(11-25)19(23)10-14/h5,7,9-10,12H,2-4,6,8H2,1H3. The number of halogens is 3. The van der Waals surface area contributed by atoms with Crippen molar-refractivity contribution in [2.45, 2.75) is 39.0 Å². The van der Waals surface area contributed by atoms with Gasteiger partial charge in [0, 0.05) is 12.1 Å². The minimum Gasteiger partial charge on any atom is -0.423 e. The van der Waals surface area contributed by atoms with Crippen LogP contribution in [-0.2, 0) is 12.8 Å². The summed E-state index contributed by atoms with van der Waals surface area (Å²) < 4.78 is 47.0. The van der Waals surface area contributed by atoms with E-state index in [1.165, 1.54) is 12.1 Å². The number of nitriles is 1. The molecule has 2 aromatic carbocycles. The highest BCUT2D eigenvalue weighted by atomic mass is 19.1. The summed E-state index contributed by atoms with van der Waals surface area (Å²) in [4.78, 5) is 12.3. The molecule has 1 atom stereocenters. The second-order valence-electron chi connectivity index (χ2n) is 6.73. The van der Waals surface area contributed by atoms with Crippen LogP contribution < -0.4 is 4.74 Å². The van der Waals surface area contributed by atoms with Crippen molar-refractivity contribution in [1.82, 2.24) is 0 Å². The lowest BCUT2D eigenvalue weighted by Gasteiger charge is -2.25. The predicted octanol–water partition coefficient (Wildman–Crippen LogP) is 5.10. The highest BCUT2D eigenvalue weighted by Crippen LogP contribution is 2.32. The number of carbonyl (C=O) groups is 1. The van der Waals surface area contributed by atoms with Gasteiger partial charge >= 0.3 is 5.97 Å². The van der Waals surface area contributed by atoms with Crippen LogP contribution in [0.1, 0.15) is 53.2 Å². The van der Waals surface area contributed by atoms with Crippen molar-refractivity contribution >= 4 is 5.97 Å². The maximum atomic E-state index is 14.8. The quantitative estimate of drug-likeness (QED) is 0.553. The number of hydrogen-bond acceptors (Lipinski definition) is 3. The number of nitrogens with zero attached hydrogens (tertiary/aromatic N) is 1. The van der Waals surface area contributed by atoms with Crippen LogP contribution in [0.4, 0.5) is 13.2 Å². The maximum Gasteiger partial charge on any atom is 0.346 e. The van der Waals surface area contributed by atoms with E-state index in [4.69, 9.17) is 10.00 Å². The van der Waals surface area contributed by atoms with E-state index >= 15 is 0 Å². The van der Waals surface area contributed by atoms with Gasteiger partial charge in [-0.05, 0) is 42.4 Å². The molecule has 6 heteroatoms. The molecular formula is C21H18F3NO2. The van der Waals surface area contributed by atoms with Gasteiger partial charge in [-0.2, -0.15) is 5.26 Å². The number of ether oxygens (including phenoxy) is 1. The Morgan fingerprint density at radius 3 is 2.59 bits per heavy atom. The Labute approximate surface area is 155 Å². The minimum absolute atomic E-state index is 0.270. The largest absolute Gasteiger partial charge is 0.423 e. The van der Waals surface area contributed by atoms with Crippen molar-refractivity contribution in [2.24, 2.45) is 5.92 Å². The molecule has 1 unspecified atom stereocenters. The Kier molecular flexibility index (Phi) is 5.50. The molecule has 140 valence electrons.